The number of nitrogens with zero attached hydrogens (tertiary/aromatic N) is 5. The van der Waals surface area contributed by atoms with Gasteiger partial charge in [0.25, 0.3) is 0 Å². The number of rotatable bonds is 9. The summed E-state index contributed by atoms with van der Waals surface area (Å²) in [5.41, 5.74) is 0.897. The van der Waals surface area contributed by atoms with Crippen molar-refractivity contribution in [1.82, 2.24) is 25.0 Å². The largest absolute Gasteiger partial charge is 0.493 e. The first kappa shape index (κ1) is 20.0. The molecule has 2 heterocycles. The van der Waals surface area contributed by atoms with E-state index < -0.39 is 0 Å². The minimum Gasteiger partial charge on any atom is -0.493 e. The summed E-state index contributed by atoms with van der Waals surface area (Å²) in [6, 6.07) is 17.2. The molecule has 0 spiro atoms. The zero-order chi connectivity index (χ0) is 20.8. The van der Waals surface area contributed by atoms with Crippen molar-refractivity contribution < 1.29 is 13.9 Å². The third kappa shape index (κ3) is 4.46. The van der Waals surface area contributed by atoms with Crippen molar-refractivity contribution in [2.24, 2.45) is 0 Å². The molecule has 0 saturated heterocycles. The zero-order valence-electron chi connectivity index (χ0n) is 16.7. The summed E-state index contributed by atoms with van der Waals surface area (Å²) in [5, 5.41) is 17.6. The topological polar surface area (TPSA) is 88.1 Å². The molecule has 4 aromatic rings. The van der Waals surface area contributed by atoms with Crippen molar-refractivity contribution in [3.63, 3.8) is 0 Å². The Morgan fingerprint density at radius 2 is 1.70 bits per heavy atom. The maximum atomic E-state index is 5.89. The number of hydrogen-bond acceptors (Lipinski definition) is 8. The molecular formula is C21H21N5O3S. The first-order valence-electron chi connectivity index (χ1n) is 9.47. The molecular weight excluding hydrogens is 402 g/mol. The minimum absolute atomic E-state index is 0.292. The fraction of sp³-hybridized carbons (Fsp3) is 0.238. The standard InChI is InChI=1S/C21H21N5O3S/c1-3-26-18(13-28-17-12-8-7-11-16(17)27-2)22-25-21(26)30-14-19-23-24-20(29-19)15-9-5-4-6-10-15/h4-12H,3,13-14H2,1-2H3. The van der Waals surface area contributed by atoms with E-state index in [2.05, 4.69) is 20.4 Å². The summed E-state index contributed by atoms with van der Waals surface area (Å²) in [6.07, 6.45) is 0. The maximum absolute atomic E-state index is 5.89. The van der Waals surface area contributed by atoms with E-state index in [0.29, 0.717) is 35.6 Å². The molecule has 9 heteroatoms. The molecule has 0 unspecified atom stereocenters. The van der Waals surface area contributed by atoms with Crippen LogP contribution in [0.3, 0.4) is 0 Å². The fourth-order valence-electron chi connectivity index (χ4n) is 2.87. The molecule has 0 N–H and O–H groups in total. The number of methoxy groups -OCH3 is 1. The molecule has 0 aliphatic heterocycles. The van der Waals surface area contributed by atoms with Gasteiger partial charge in [0.15, 0.2) is 22.5 Å². The van der Waals surface area contributed by atoms with Crippen molar-refractivity contribution >= 4 is 11.8 Å². The summed E-state index contributed by atoms with van der Waals surface area (Å²) in [7, 11) is 1.62. The molecule has 0 radical (unpaired) electrons. The molecule has 0 saturated carbocycles. The van der Waals surface area contributed by atoms with E-state index >= 15 is 0 Å². The van der Waals surface area contributed by atoms with Crippen LogP contribution >= 0.6 is 11.8 Å². The van der Waals surface area contributed by atoms with Crippen molar-refractivity contribution in [3.8, 4) is 23.0 Å². The average molecular weight is 423 g/mol. The quantitative estimate of drug-likeness (QED) is 0.370. The van der Waals surface area contributed by atoms with Crippen LogP contribution in [0, 0.1) is 0 Å². The molecule has 0 amide bonds. The van der Waals surface area contributed by atoms with Crippen molar-refractivity contribution in [3.05, 3.63) is 66.3 Å². The molecule has 2 aromatic heterocycles. The highest BCUT2D eigenvalue weighted by Crippen LogP contribution is 2.28. The van der Waals surface area contributed by atoms with E-state index in [1.54, 1.807) is 7.11 Å². The van der Waals surface area contributed by atoms with Crippen molar-refractivity contribution in [2.75, 3.05) is 7.11 Å². The van der Waals surface area contributed by atoms with Crippen LogP contribution in [0.1, 0.15) is 18.6 Å². The molecule has 0 bridgehead atoms. The third-order valence-electron chi connectivity index (χ3n) is 4.35. The zero-order valence-corrected chi connectivity index (χ0v) is 17.5. The molecule has 0 fully saturated rings. The third-order valence-corrected chi connectivity index (χ3v) is 5.30. The molecule has 8 nitrogen and oxygen atoms in total. The normalized spacial score (nSPS) is 10.9. The van der Waals surface area contributed by atoms with Crippen LogP contribution in [-0.2, 0) is 18.9 Å². The Bertz CT molecular complexity index is 1100. The van der Waals surface area contributed by atoms with E-state index in [0.717, 1.165) is 23.1 Å². The summed E-state index contributed by atoms with van der Waals surface area (Å²) in [6.45, 7) is 3.06. The van der Waals surface area contributed by atoms with Gasteiger partial charge in [-0.15, -0.1) is 20.4 Å². The van der Waals surface area contributed by atoms with Gasteiger partial charge in [0.1, 0.15) is 6.61 Å². The molecule has 154 valence electrons. The van der Waals surface area contributed by atoms with Crippen LogP contribution in [0.2, 0.25) is 0 Å². The monoisotopic (exact) mass is 423 g/mol. The Kier molecular flexibility index (Phi) is 6.29. The first-order chi connectivity index (χ1) is 14.8. The highest BCUT2D eigenvalue weighted by atomic mass is 32.2. The van der Waals surface area contributed by atoms with Crippen LogP contribution in [0.25, 0.3) is 11.5 Å². The lowest BCUT2D eigenvalue weighted by Crippen LogP contribution is -2.07. The lowest BCUT2D eigenvalue weighted by Gasteiger charge is -2.11. The Labute approximate surface area is 178 Å². The molecule has 30 heavy (non-hydrogen) atoms. The molecule has 0 aliphatic rings. The number of benzene rings is 2. The number of hydrogen-bond donors (Lipinski definition) is 0. The summed E-state index contributed by atoms with van der Waals surface area (Å²) < 4.78 is 19.0. The highest BCUT2D eigenvalue weighted by Gasteiger charge is 2.15. The van der Waals surface area contributed by atoms with Gasteiger partial charge < -0.3 is 18.5 Å². The first-order valence-corrected chi connectivity index (χ1v) is 10.5. The van der Waals surface area contributed by atoms with Gasteiger partial charge in [0.2, 0.25) is 11.8 Å². The lowest BCUT2D eigenvalue weighted by molar-refractivity contribution is 0.270. The Morgan fingerprint density at radius 3 is 2.47 bits per heavy atom. The van der Waals surface area contributed by atoms with E-state index in [9.17, 15) is 0 Å². The molecule has 4 rings (SSSR count). The van der Waals surface area contributed by atoms with Crippen molar-refractivity contribution in [1.29, 1.82) is 0 Å². The molecule has 0 aliphatic carbocycles. The number of thioether (sulfide) groups is 1. The van der Waals surface area contributed by atoms with Crippen LogP contribution in [0.5, 0.6) is 11.5 Å². The van der Waals surface area contributed by atoms with Gasteiger partial charge >= 0.3 is 0 Å². The number of para-hydroxylation sites is 2. The SMILES string of the molecule is CCn1c(COc2ccccc2OC)nnc1SCc1nnc(-c2ccccc2)o1. The second-order valence-electron chi connectivity index (χ2n) is 6.24. The highest BCUT2D eigenvalue weighted by molar-refractivity contribution is 7.98. The van der Waals surface area contributed by atoms with E-state index in [1.807, 2.05) is 66.1 Å². The van der Waals surface area contributed by atoms with Gasteiger partial charge in [-0.2, -0.15) is 0 Å². The van der Waals surface area contributed by atoms with Crippen LogP contribution in [0.15, 0.2) is 64.2 Å². The van der Waals surface area contributed by atoms with Gasteiger partial charge in [-0.1, -0.05) is 42.1 Å². The Balaban J connectivity index is 1.41. The number of aromatic nitrogens is 5. The fourth-order valence-corrected chi connectivity index (χ4v) is 3.72. The molecule has 2 aromatic carbocycles. The van der Waals surface area contributed by atoms with Crippen LogP contribution in [0.4, 0.5) is 0 Å². The summed E-state index contributed by atoms with van der Waals surface area (Å²) >= 11 is 1.50. The number of ether oxygens (including phenoxy) is 2. The van der Waals surface area contributed by atoms with Gasteiger partial charge in [0, 0.05) is 12.1 Å². The average Bonchev–Trinajstić information content (AvgIpc) is 3.43. The second kappa shape index (κ2) is 9.45. The Morgan fingerprint density at radius 1 is 0.933 bits per heavy atom. The van der Waals surface area contributed by atoms with Crippen LogP contribution in [-0.4, -0.2) is 32.1 Å². The Hall–Kier alpha value is -3.33. The van der Waals surface area contributed by atoms with Gasteiger partial charge in [-0.05, 0) is 31.2 Å². The van der Waals surface area contributed by atoms with Gasteiger partial charge in [0.05, 0.1) is 12.9 Å². The smallest absolute Gasteiger partial charge is 0.247 e. The second-order valence-corrected chi connectivity index (χ2v) is 7.18. The van der Waals surface area contributed by atoms with Gasteiger partial charge in [-0.25, -0.2) is 0 Å². The predicted molar refractivity (Wildman–Crippen MR) is 112 cm³/mol. The van der Waals surface area contributed by atoms with Gasteiger partial charge in [-0.3, -0.25) is 0 Å². The van der Waals surface area contributed by atoms with E-state index in [4.69, 9.17) is 13.9 Å². The summed E-state index contributed by atoms with van der Waals surface area (Å²) in [5.74, 6) is 3.64. The van der Waals surface area contributed by atoms with Crippen LogP contribution < -0.4 is 9.47 Å². The van der Waals surface area contributed by atoms with E-state index in [-0.39, 0.29) is 0 Å². The van der Waals surface area contributed by atoms with E-state index in [1.165, 1.54) is 11.8 Å². The summed E-state index contributed by atoms with van der Waals surface area (Å²) in [4.78, 5) is 0. The predicted octanol–water partition coefficient (Wildman–Crippen LogP) is 4.23. The maximum Gasteiger partial charge on any atom is 0.247 e. The minimum atomic E-state index is 0.292. The lowest BCUT2D eigenvalue weighted by atomic mass is 10.2. The molecule has 0 atom stereocenters. The van der Waals surface area contributed by atoms with Crippen molar-refractivity contribution in [2.45, 2.75) is 31.0 Å².